The fraction of sp³-hybridized carbons (Fsp3) is 0.429. The van der Waals surface area contributed by atoms with Gasteiger partial charge in [-0.3, -0.25) is 9.79 Å². The van der Waals surface area contributed by atoms with E-state index in [-0.39, 0.29) is 5.96 Å². The van der Waals surface area contributed by atoms with Crippen LogP contribution in [0.15, 0.2) is 17.1 Å². The van der Waals surface area contributed by atoms with E-state index in [0.29, 0.717) is 6.54 Å². The van der Waals surface area contributed by atoms with Crippen molar-refractivity contribution in [2.45, 2.75) is 12.8 Å². The number of aliphatic imine (C=N–C) groups is 1. The maximum absolute atomic E-state index is 10.2. The molecule has 0 aromatic heterocycles. The number of guanidine groups is 1. The van der Waals surface area contributed by atoms with Crippen LogP contribution in [-0.2, 0) is 4.79 Å². The maximum Gasteiger partial charge on any atom is 0.241 e. The molecular weight excluding hydrogens is 156 g/mol. The van der Waals surface area contributed by atoms with Gasteiger partial charge >= 0.3 is 0 Å². The zero-order chi connectivity index (χ0) is 9.40. The molecular formula is C7H14N4O. The van der Waals surface area contributed by atoms with E-state index in [1.54, 1.807) is 6.08 Å². The molecule has 0 bridgehead atoms. The number of rotatable bonds is 5. The highest BCUT2D eigenvalue weighted by molar-refractivity contribution is 5.85. The lowest BCUT2D eigenvalue weighted by Crippen LogP contribution is -2.22. The normalized spacial score (nSPS) is 10.0. The molecule has 0 saturated carbocycles. The van der Waals surface area contributed by atoms with E-state index in [9.17, 15) is 4.79 Å². The average molecular weight is 170 g/mol. The number of carbonyl (C=O) groups excluding carboxylic acids is 1. The third-order valence-corrected chi connectivity index (χ3v) is 1.11. The van der Waals surface area contributed by atoms with Crippen molar-refractivity contribution in [2.24, 2.45) is 22.2 Å². The van der Waals surface area contributed by atoms with Gasteiger partial charge in [0, 0.05) is 6.54 Å². The Morgan fingerprint density at radius 2 is 2.00 bits per heavy atom. The second-order valence-corrected chi connectivity index (χ2v) is 2.25. The van der Waals surface area contributed by atoms with E-state index in [4.69, 9.17) is 17.2 Å². The minimum atomic E-state index is -0.433. The Hall–Kier alpha value is -1.52. The molecule has 0 unspecified atom stereocenters. The number of hydrogen-bond acceptors (Lipinski definition) is 2. The number of unbranched alkanes of at least 4 members (excludes halogenated alkanes) is 1. The van der Waals surface area contributed by atoms with Crippen molar-refractivity contribution in [1.82, 2.24) is 0 Å². The van der Waals surface area contributed by atoms with Gasteiger partial charge in [0.25, 0.3) is 0 Å². The third-order valence-electron chi connectivity index (χ3n) is 1.11. The van der Waals surface area contributed by atoms with Crippen LogP contribution < -0.4 is 17.2 Å². The highest BCUT2D eigenvalue weighted by atomic mass is 16.1. The van der Waals surface area contributed by atoms with Crippen LogP contribution in [0.4, 0.5) is 0 Å². The molecule has 0 rings (SSSR count). The molecule has 5 nitrogen and oxygen atoms in total. The summed E-state index contributed by atoms with van der Waals surface area (Å²) in [6, 6.07) is 0. The molecule has 0 aromatic rings. The van der Waals surface area contributed by atoms with E-state index in [0.717, 1.165) is 12.8 Å². The summed E-state index contributed by atoms with van der Waals surface area (Å²) in [5.74, 6) is -0.342. The lowest BCUT2D eigenvalue weighted by Gasteiger charge is -1.91. The molecule has 5 heteroatoms. The first kappa shape index (κ1) is 10.5. The minimum absolute atomic E-state index is 0.0916. The van der Waals surface area contributed by atoms with Crippen molar-refractivity contribution < 1.29 is 4.79 Å². The van der Waals surface area contributed by atoms with Crippen molar-refractivity contribution in [1.29, 1.82) is 0 Å². The average Bonchev–Trinajstić information content (AvgIpc) is 1.95. The Kier molecular flexibility index (Phi) is 5.42. The zero-order valence-electron chi connectivity index (χ0n) is 6.86. The van der Waals surface area contributed by atoms with Crippen LogP contribution in [0, 0.1) is 0 Å². The van der Waals surface area contributed by atoms with E-state index in [1.165, 1.54) is 6.08 Å². The Bertz CT molecular complexity index is 194. The number of nitrogens with two attached hydrogens (primary N) is 3. The third kappa shape index (κ3) is 8.48. The highest BCUT2D eigenvalue weighted by Gasteiger charge is 1.84. The van der Waals surface area contributed by atoms with Gasteiger partial charge in [-0.05, 0) is 18.9 Å². The molecule has 12 heavy (non-hydrogen) atoms. The van der Waals surface area contributed by atoms with E-state index < -0.39 is 5.91 Å². The van der Waals surface area contributed by atoms with Gasteiger partial charge < -0.3 is 17.2 Å². The van der Waals surface area contributed by atoms with Gasteiger partial charge in [-0.15, -0.1) is 0 Å². The lowest BCUT2D eigenvalue weighted by atomic mass is 10.3. The van der Waals surface area contributed by atoms with Crippen LogP contribution in [0.2, 0.25) is 0 Å². The first-order valence-corrected chi connectivity index (χ1v) is 3.64. The number of hydrogen-bond donors (Lipinski definition) is 3. The topological polar surface area (TPSA) is 107 Å². The van der Waals surface area contributed by atoms with Crippen LogP contribution in [0.1, 0.15) is 12.8 Å². The minimum Gasteiger partial charge on any atom is -0.370 e. The van der Waals surface area contributed by atoms with Crippen LogP contribution in [0.3, 0.4) is 0 Å². The predicted octanol–water partition coefficient (Wildman–Crippen LogP) is -0.918. The number of amides is 1. The SMILES string of the molecule is NC(=O)/C=C/CCCN=C(N)N. The van der Waals surface area contributed by atoms with Crippen molar-refractivity contribution in [3.05, 3.63) is 12.2 Å². The summed E-state index contributed by atoms with van der Waals surface area (Å²) < 4.78 is 0. The molecule has 0 heterocycles. The number of allylic oxidation sites excluding steroid dienone is 1. The van der Waals surface area contributed by atoms with Gasteiger partial charge in [-0.25, -0.2) is 0 Å². The summed E-state index contributed by atoms with van der Waals surface area (Å²) in [4.78, 5) is 14.0. The Labute approximate surface area is 71.3 Å². The van der Waals surface area contributed by atoms with E-state index >= 15 is 0 Å². The molecule has 68 valence electrons. The fourth-order valence-electron chi connectivity index (χ4n) is 0.617. The second-order valence-electron chi connectivity index (χ2n) is 2.25. The summed E-state index contributed by atoms with van der Waals surface area (Å²) >= 11 is 0. The van der Waals surface area contributed by atoms with Crippen LogP contribution >= 0.6 is 0 Å². The van der Waals surface area contributed by atoms with Gasteiger partial charge in [0.05, 0.1) is 0 Å². The van der Waals surface area contributed by atoms with Gasteiger partial charge in [-0.1, -0.05) is 6.08 Å². The standard InChI is InChI=1S/C7H14N4O/c8-6(12)4-2-1-3-5-11-7(9)10/h2,4H,1,3,5H2,(H2,8,12)(H4,9,10,11)/b4-2+. The molecule has 0 aliphatic rings. The molecule has 0 atom stereocenters. The van der Waals surface area contributed by atoms with Crippen LogP contribution in [0.5, 0.6) is 0 Å². The number of nitrogens with zero attached hydrogens (tertiary/aromatic N) is 1. The summed E-state index contributed by atoms with van der Waals surface area (Å²) in [6.45, 7) is 0.575. The van der Waals surface area contributed by atoms with Crippen molar-refractivity contribution in [3.8, 4) is 0 Å². The first-order valence-electron chi connectivity index (χ1n) is 3.64. The van der Waals surface area contributed by atoms with Gasteiger partial charge in [0.15, 0.2) is 5.96 Å². The van der Waals surface area contributed by atoms with Gasteiger partial charge in [0.1, 0.15) is 0 Å². The largest absolute Gasteiger partial charge is 0.370 e. The number of carbonyl (C=O) groups is 1. The second kappa shape index (κ2) is 6.21. The van der Waals surface area contributed by atoms with Crippen molar-refractivity contribution in [2.75, 3.05) is 6.54 Å². The maximum atomic E-state index is 10.2. The lowest BCUT2D eigenvalue weighted by molar-refractivity contribution is -0.113. The summed E-state index contributed by atoms with van der Waals surface area (Å²) in [7, 11) is 0. The fourth-order valence-corrected chi connectivity index (χ4v) is 0.617. The molecule has 0 saturated heterocycles. The van der Waals surface area contributed by atoms with E-state index in [2.05, 4.69) is 4.99 Å². The molecule has 0 fully saturated rings. The van der Waals surface area contributed by atoms with Gasteiger partial charge in [-0.2, -0.15) is 0 Å². The summed E-state index contributed by atoms with van der Waals surface area (Å²) in [6.07, 6.45) is 4.58. The Morgan fingerprint density at radius 3 is 2.50 bits per heavy atom. The van der Waals surface area contributed by atoms with E-state index in [1.807, 2.05) is 0 Å². The highest BCUT2D eigenvalue weighted by Crippen LogP contribution is 1.90. The summed E-state index contributed by atoms with van der Waals surface area (Å²) in [5, 5.41) is 0. The van der Waals surface area contributed by atoms with Crippen LogP contribution in [-0.4, -0.2) is 18.4 Å². The molecule has 0 aliphatic carbocycles. The van der Waals surface area contributed by atoms with Crippen molar-refractivity contribution in [3.63, 3.8) is 0 Å². The van der Waals surface area contributed by atoms with Gasteiger partial charge in [0.2, 0.25) is 5.91 Å². The molecule has 6 N–H and O–H groups in total. The molecule has 1 amide bonds. The zero-order valence-corrected chi connectivity index (χ0v) is 6.86. The molecule has 0 spiro atoms. The Balaban J connectivity index is 3.33. The smallest absolute Gasteiger partial charge is 0.241 e. The summed E-state index contributed by atoms with van der Waals surface area (Å²) in [5.41, 5.74) is 15.0. The van der Waals surface area contributed by atoms with Crippen molar-refractivity contribution >= 4 is 11.9 Å². The first-order chi connectivity index (χ1) is 5.63. The van der Waals surface area contributed by atoms with Crippen LogP contribution in [0.25, 0.3) is 0 Å². The molecule has 0 aromatic carbocycles. The Morgan fingerprint density at radius 1 is 1.33 bits per heavy atom. The quantitative estimate of drug-likeness (QED) is 0.215. The number of primary amides is 1. The predicted molar refractivity (Wildman–Crippen MR) is 48.2 cm³/mol. The molecule has 0 radical (unpaired) electrons. The molecule has 0 aliphatic heterocycles. The monoisotopic (exact) mass is 170 g/mol.